The van der Waals surface area contributed by atoms with Gasteiger partial charge >= 0.3 is 18.0 Å². The van der Waals surface area contributed by atoms with E-state index in [0.29, 0.717) is 11.3 Å². The highest BCUT2D eigenvalue weighted by atomic mass is 16.6. The van der Waals surface area contributed by atoms with Crippen LogP contribution in [0.3, 0.4) is 0 Å². The van der Waals surface area contributed by atoms with Gasteiger partial charge in [0.1, 0.15) is 17.2 Å². The summed E-state index contributed by atoms with van der Waals surface area (Å²) in [5.74, 6) is -3.98. The molecule has 40 heavy (non-hydrogen) atoms. The molecule has 0 aliphatic rings. The van der Waals surface area contributed by atoms with Gasteiger partial charge in [-0.25, -0.2) is 4.79 Å². The Balaban J connectivity index is 2.46. The molecule has 0 unspecified atom stereocenters. The average Bonchev–Trinajstić information content (AvgIpc) is 3.26. The van der Waals surface area contributed by atoms with Crippen molar-refractivity contribution in [3.05, 3.63) is 45.3 Å². The molecule has 1 amide bonds. The van der Waals surface area contributed by atoms with Gasteiger partial charge in [0.15, 0.2) is 5.92 Å². The number of nitriles is 1. The molecule has 14 nitrogen and oxygen atoms in total. The predicted molar refractivity (Wildman–Crippen MR) is 140 cm³/mol. The van der Waals surface area contributed by atoms with E-state index < -0.39 is 40.2 Å². The molecule has 0 N–H and O–H groups in total. The van der Waals surface area contributed by atoms with E-state index in [9.17, 15) is 29.8 Å². The quantitative estimate of drug-likeness (QED) is 0.137. The average molecular weight is 560 g/mol. The smallest absolute Gasteiger partial charge is 0.410 e. The summed E-state index contributed by atoms with van der Waals surface area (Å²) in [7, 11) is 5.29. The van der Waals surface area contributed by atoms with Gasteiger partial charge in [0.25, 0.3) is 5.69 Å². The maximum atomic E-state index is 12.5. The molecule has 0 spiro atoms. The zero-order valence-corrected chi connectivity index (χ0v) is 23.7. The molecule has 0 aliphatic carbocycles. The highest BCUT2D eigenvalue weighted by Gasteiger charge is 2.38. The number of nitrogens with zero attached hydrogens (tertiary/aromatic N) is 5. The number of benzene rings is 1. The first-order chi connectivity index (χ1) is 18.6. The van der Waals surface area contributed by atoms with Gasteiger partial charge in [-0.05, 0) is 45.4 Å². The number of carbonyl (C=O) groups excluding carboxylic acids is 3. The molecule has 2 rings (SSSR count). The van der Waals surface area contributed by atoms with Crippen molar-refractivity contribution >= 4 is 23.7 Å². The zero-order valence-electron chi connectivity index (χ0n) is 23.7. The van der Waals surface area contributed by atoms with Gasteiger partial charge in [0.2, 0.25) is 0 Å². The van der Waals surface area contributed by atoms with Crippen LogP contribution in [-0.2, 0) is 42.2 Å². The summed E-state index contributed by atoms with van der Waals surface area (Å²) in [6.07, 6.45) is 1.10. The van der Waals surface area contributed by atoms with Crippen LogP contribution in [0.2, 0.25) is 0 Å². The summed E-state index contributed by atoms with van der Waals surface area (Å²) in [6, 6.07) is 3.95. The lowest BCUT2D eigenvalue weighted by molar-refractivity contribution is -0.385. The second-order valence-electron chi connectivity index (χ2n) is 9.93. The van der Waals surface area contributed by atoms with Crippen LogP contribution in [0, 0.1) is 21.4 Å². The number of likely N-dealkylation sites (N-methyl/N-ethyl adjacent to an activating group) is 1. The van der Waals surface area contributed by atoms with Crippen molar-refractivity contribution in [2.75, 3.05) is 27.9 Å². The fraction of sp³-hybridized carbons (Fsp3) is 0.500. The predicted octanol–water partition coefficient (Wildman–Crippen LogP) is 3.07. The molecule has 1 heterocycles. The number of aromatic nitrogens is 2. The van der Waals surface area contributed by atoms with Crippen LogP contribution in [0.4, 0.5) is 10.5 Å². The van der Waals surface area contributed by atoms with Crippen molar-refractivity contribution in [3.63, 3.8) is 0 Å². The third-order valence-electron chi connectivity index (χ3n) is 5.78. The maximum Gasteiger partial charge on any atom is 0.410 e. The van der Waals surface area contributed by atoms with Crippen LogP contribution >= 0.6 is 0 Å². The molecule has 1 aromatic heterocycles. The summed E-state index contributed by atoms with van der Waals surface area (Å²) in [5, 5.41) is 26.0. The normalized spacial score (nSPS) is 11.9. The minimum Gasteiger partial charge on any atom is -0.468 e. The molecule has 14 heteroatoms. The first-order valence-corrected chi connectivity index (χ1v) is 12.1. The summed E-state index contributed by atoms with van der Waals surface area (Å²) >= 11 is 0. The standard InChI is InChI=1S/C26H33N5O9/c1-15(30(6)25(34)40-26(2,3)4)13-39-14-20-19(12-29(5)28-20)16-9-17(11-27)22(31(35)36)18(10-16)21(23(32)37-7)24(33)38-8/h9-10,12,15,21H,13-14H2,1-8H3/t15-/m1/s1. The minimum atomic E-state index is -1.80. The molecule has 0 saturated carbocycles. The van der Waals surface area contributed by atoms with E-state index in [1.165, 1.54) is 21.7 Å². The number of nitro groups is 1. The molecule has 2 aromatic rings. The van der Waals surface area contributed by atoms with E-state index in [1.807, 2.05) is 0 Å². The largest absolute Gasteiger partial charge is 0.468 e. The number of carbonyl (C=O) groups is 3. The van der Waals surface area contributed by atoms with E-state index in [4.69, 9.17) is 18.9 Å². The Morgan fingerprint density at radius 1 is 1.20 bits per heavy atom. The molecular formula is C26H33N5O9. The van der Waals surface area contributed by atoms with Gasteiger partial charge in [-0.3, -0.25) is 24.4 Å². The van der Waals surface area contributed by atoms with Gasteiger partial charge in [-0.2, -0.15) is 10.4 Å². The molecule has 1 atom stereocenters. The summed E-state index contributed by atoms with van der Waals surface area (Å²) in [4.78, 5) is 49.8. The van der Waals surface area contributed by atoms with Crippen LogP contribution in [0.1, 0.15) is 50.4 Å². The van der Waals surface area contributed by atoms with Crippen LogP contribution in [0.15, 0.2) is 18.3 Å². The maximum absolute atomic E-state index is 12.5. The summed E-state index contributed by atoms with van der Waals surface area (Å²) in [5.41, 5.74) is -0.975. The van der Waals surface area contributed by atoms with Crippen molar-refractivity contribution in [1.82, 2.24) is 14.7 Å². The number of nitro benzene ring substituents is 1. The lowest BCUT2D eigenvalue weighted by Gasteiger charge is -2.28. The molecule has 0 fully saturated rings. The topological polar surface area (TPSA) is 176 Å². The Bertz CT molecular complexity index is 1310. The number of hydrogen-bond donors (Lipinski definition) is 0. The van der Waals surface area contributed by atoms with E-state index in [-0.39, 0.29) is 35.9 Å². The van der Waals surface area contributed by atoms with Crippen LogP contribution in [0.25, 0.3) is 11.1 Å². The zero-order chi connectivity index (χ0) is 30.4. The first-order valence-electron chi connectivity index (χ1n) is 12.1. The van der Waals surface area contributed by atoms with Crippen molar-refractivity contribution in [2.45, 2.75) is 51.9 Å². The van der Waals surface area contributed by atoms with Gasteiger partial charge in [-0.1, -0.05) is 0 Å². The lowest BCUT2D eigenvalue weighted by atomic mass is 9.90. The Labute approximate surface area is 231 Å². The SMILES string of the molecule is COC(=O)C(C(=O)OC)c1cc(-c2cn(C)nc2COC[C@@H](C)N(C)C(=O)OC(C)(C)C)cc(C#N)c1[N+](=O)[O-]. The third kappa shape index (κ3) is 7.54. The molecule has 0 bridgehead atoms. The second kappa shape index (κ2) is 13.0. The van der Waals surface area contributed by atoms with Crippen LogP contribution in [0.5, 0.6) is 0 Å². The Morgan fingerprint density at radius 3 is 2.30 bits per heavy atom. The highest BCUT2D eigenvalue weighted by molar-refractivity contribution is 6.02. The second-order valence-corrected chi connectivity index (χ2v) is 9.93. The number of aryl methyl sites for hydroxylation is 1. The van der Waals surface area contributed by atoms with Gasteiger partial charge in [0.05, 0.1) is 49.7 Å². The van der Waals surface area contributed by atoms with Crippen molar-refractivity contribution in [2.24, 2.45) is 7.05 Å². The van der Waals surface area contributed by atoms with Crippen molar-refractivity contribution < 1.29 is 38.3 Å². The molecular weight excluding hydrogens is 526 g/mol. The molecule has 216 valence electrons. The number of methoxy groups -OCH3 is 2. The minimum absolute atomic E-state index is 0.0195. The van der Waals surface area contributed by atoms with E-state index >= 15 is 0 Å². The van der Waals surface area contributed by atoms with Crippen molar-refractivity contribution in [1.29, 1.82) is 5.26 Å². The third-order valence-corrected chi connectivity index (χ3v) is 5.78. The molecule has 0 radical (unpaired) electrons. The fourth-order valence-electron chi connectivity index (χ4n) is 3.74. The highest BCUT2D eigenvalue weighted by Crippen LogP contribution is 2.37. The van der Waals surface area contributed by atoms with Crippen molar-refractivity contribution in [3.8, 4) is 17.2 Å². The monoisotopic (exact) mass is 559 g/mol. The van der Waals surface area contributed by atoms with Crippen LogP contribution < -0.4 is 0 Å². The van der Waals surface area contributed by atoms with Crippen LogP contribution in [-0.4, -0.2) is 77.2 Å². The van der Waals surface area contributed by atoms with E-state index in [1.54, 1.807) is 54.1 Å². The number of rotatable bonds is 10. The van der Waals surface area contributed by atoms with Gasteiger partial charge in [0, 0.05) is 25.9 Å². The van der Waals surface area contributed by atoms with E-state index in [2.05, 4.69) is 5.10 Å². The number of hydrogen-bond acceptors (Lipinski definition) is 11. The summed E-state index contributed by atoms with van der Waals surface area (Å²) in [6.45, 7) is 7.19. The molecule has 0 saturated heterocycles. The molecule has 0 aliphatic heterocycles. The first kappa shape index (κ1) is 31.7. The number of ether oxygens (including phenoxy) is 4. The Hall–Kier alpha value is -4.51. The van der Waals surface area contributed by atoms with Gasteiger partial charge < -0.3 is 23.8 Å². The van der Waals surface area contributed by atoms with E-state index in [0.717, 1.165) is 14.2 Å². The van der Waals surface area contributed by atoms with Gasteiger partial charge in [-0.15, -0.1) is 0 Å². The Kier molecular flexibility index (Phi) is 10.3. The Morgan fingerprint density at radius 2 is 1.80 bits per heavy atom. The summed E-state index contributed by atoms with van der Waals surface area (Å²) < 4.78 is 22.1. The fourth-order valence-corrected chi connectivity index (χ4v) is 3.74. The lowest BCUT2D eigenvalue weighted by Crippen LogP contribution is -2.41. The number of esters is 2. The number of amides is 1. The molecule has 1 aromatic carbocycles.